The highest BCUT2D eigenvalue weighted by Crippen LogP contribution is 2.66. The molecule has 0 amide bonds. The lowest BCUT2D eigenvalue weighted by Crippen LogP contribution is -2.63. The van der Waals surface area contributed by atoms with Crippen molar-refractivity contribution in [2.75, 3.05) is 6.61 Å². The maximum absolute atomic E-state index is 12.8. The van der Waals surface area contributed by atoms with Crippen LogP contribution in [0.4, 0.5) is 0 Å². The molecular weight excluding hydrogens is 352 g/mol. The molecule has 4 saturated carbocycles. The van der Waals surface area contributed by atoms with Crippen LogP contribution >= 0.6 is 0 Å². The Hall–Kier alpha value is -1.06. The van der Waals surface area contributed by atoms with E-state index in [-0.39, 0.29) is 24.0 Å². The third-order valence-corrected chi connectivity index (χ3v) is 7.75. The molecule has 4 bridgehead atoms. The van der Waals surface area contributed by atoms with E-state index in [0.29, 0.717) is 23.7 Å². The van der Waals surface area contributed by atoms with E-state index in [1.165, 1.54) is 19.3 Å². The van der Waals surface area contributed by atoms with Gasteiger partial charge in [0.2, 0.25) is 0 Å². The average Bonchev–Trinajstić information content (AvgIpc) is 2.54. The molecule has 4 rings (SSSR count). The molecule has 0 aromatic carbocycles. The van der Waals surface area contributed by atoms with Gasteiger partial charge in [-0.1, -0.05) is 34.6 Å². The first-order valence-electron chi connectivity index (χ1n) is 11.2. The molecular formula is C24H40O4. The van der Waals surface area contributed by atoms with Crippen LogP contribution in [0, 0.1) is 34.0 Å². The summed E-state index contributed by atoms with van der Waals surface area (Å²) in [5, 5.41) is 0. The summed E-state index contributed by atoms with van der Waals surface area (Å²) in [4.78, 5) is 25.1. The van der Waals surface area contributed by atoms with Crippen LogP contribution in [0.3, 0.4) is 0 Å². The molecule has 2 atom stereocenters. The SMILES string of the molecule is CCC(C)(C)C(=O)OCC(=O)OC1(CC(C)(C)C)C2CC3CC1CC(C)(C3)C2. The zero-order chi connectivity index (χ0) is 21.0. The predicted octanol–water partition coefficient (Wildman–Crippen LogP) is 5.53. The van der Waals surface area contributed by atoms with Crippen molar-refractivity contribution in [2.24, 2.45) is 34.0 Å². The minimum absolute atomic E-state index is 0.0808. The molecule has 0 radical (unpaired) electrons. The second-order valence-electron chi connectivity index (χ2n) is 12.1. The van der Waals surface area contributed by atoms with Gasteiger partial charge in [0.05, 0.1) is 5.41 Å². The van der Waals surface area contributed by atoms with Crippen LogP contribution in [0.15, 0.2) is 0 Å². The van der Waals surface area contributed by atoms with E-state index in [4.69, 9.17) is 9.47 Å². The standard InChI is InChI=1S/C24H40O4/c1-8-22(5,6)20(26)27-14-19(25)28-24(15-21(2,3)4)17-9-16-10-18(24)13-23(7,11-16)12-17/h16-18H,8-15H2,1-7H3. The van der Waals surface area contributed by atoms with Gasteiger partial charge in [-0.05, 0) is 87.4 Å². The van der Waals surface area contributed by atoms with Crippen molar-refractivity contribution in [3.8, 4) is 0 Å². The fourth-order valence-electron chi connectivity index (χ4n) is 6.47. The number of hydrogen-bond donors (Lipinski definition) is 0. The fraction of sp³-hybridized carbons (Fsp3) is 0.917. The van der Waals surface area contributed by atoms with Gasteiger partial charge < -0.3 is 9.47 Å². The first-order valence-corrected chi connectivity index (χ1v) is 11.2. The molecule has 0 aromatic heterocycles. The highest BCUT2D eigenvalue weighted by molar-refractivity contribution is 5.80. The number of carbonyl (C=O) groups is 2. The molecule has 0 heterocycles. The van der Waals surface area contributed by atoms with Gasteiger partial charge in [-0.3, -0.25) is 4.79 Å². The number of rotatable bonds is 6. The summed E-state index contributed by atoms with van der Waals surface area (Å²) in [7, 11) is 0. The summed E-state index contributed by atoms with van der Waals surface area (Å²) in [6, 6.07) is 0. The van der Waals surface area contributed by atoms with E-state index < -0.39 is 11.0 Å². The van der Waals surface area contributed by atoms with Gasteiger partial charge in [0, 0.05) is 0 Å². The highest BCUT2D eigenvalue weighted by Gasteiger charge is 2.63. The van der Waals surface area contributed by atoms with Crippen LogP contribution < -0.4 is 0 Å². The number of hydrogen-bond acceptors (Lipinski definition) is 4. The average molecular weight is 393 g/mol. The molecule has 0 aromatic rings. The van der Waals surface area contributed by atoms with Crippen LogP contribution in [0.25, 0.3) is 0 Å². The summed E-state index contributed by atoms with van der Waals surface area (Å²) < 4.78 is 11.7. The van der Waals surface area contributed by atoms with Crippen LogP contribution in [-0.2, 0) is 19.1 Å². The Morgan fingerprint density at radius 1 is 1.00 bits per heavy atom. The van der Waals surface area contributed by atoms with Gasteiger partial charge >= 0.3 is 11.9 Å². The summed E-state index contributed by atoms with van der Waals surface area (Å²) in [5.74, 6) is 0.971. The maximum atomic E-state index is 12.8. The molecule has 4 heteroatoms. The van der Waals surface area contributed by atoms with Crippen molar-refractivity contribution in [3.63, 3.8) is 0 Å². The quantitative estimate of drug-likeness (QED) is 0.558. The summed E-state index contributed by atoms with van der Waals surface area (Å²) in [6.07, 6.45) is 7.58. The lowest BCUT2D eigenvalue weighted by Gasteiger charge is -2.64. The number of ether oxygens (including phenoxy) is 2. The van der Waals surface area contributed by atoms with E-state index in [2.05, 4.69) is 27.7 Å². The molecule has 4 fully saturated rings. The van der Waals surface area contributed by atoms with E-state index >= 15 is 0 Å². The van der Waals surface area contributed by atoms with Crippen molar-refractivity contribution in [1.29, 1.82) is 0 Å². The summed E-state index contributed by atoms with van der Waals surface area (Å²) >= 11 is 0. The Morgan fingerprint density at radius 3 is 2.04 bits per heavy atom. The van der Waals surface area contributed by atoms with E-state index in [9.17, 15) is 9.59 Å². The Kier molecular flexibility index (Phi) is 5.43. The fourth-order valence-corrected chi connectivity index (χ4v) is 6.47. The molecule has 4 aliphatic rings. The predicted molar refractivity (Wildman–Crippen MR) is 110 cm³/mol. The molecule has 0 aliphatic heterocycles. The van der Waals surface area contributed by atoms with Crippen LogP contribution in [-0.4, -0.2) is 24.1 Å². The normalized spacial score (nSPS) is 37.0. The smallest absolute Gasteiger partial charge is 0.344 e. The van der Waals surface area contributed by atoms with Gasteiger partial charge in [0.25, 0.3) is 0 Å². The second-order valence-corrected chi connectivity index (χ2v) is 12.1. The highest BCUT2D eigenvalue weighted by atomic mass is 16.6. The first-order chi connectivity index (χ1) is 12.8. The van der Waals surface area contributed by atoms with Crippen LogP contribution in [0.5, 0.6) is 0 Å². The van der Waals surface area contributed by atoms with Gasteiger partial charge in [0.1, 0.15) is 5.60 Å². The van der Waals surface area contributed by atoms with Gasteiger partial charge in [-0.2, -0.15) is 0 Å². The van der Waals surface area contributed by atoms with E-state index in [1.54, 1.807) is 0 Å². The summed E-state index contributed by atoms with van der Waals surface area (Å²) in [5.41, 5.74) is -0.460. The van der Waals surface area contributed by atoms with E-state index in [0.717, 1.165) is 25.2 Å². The van der Waals surface area contributed by atoms with Crippen molar-refractivity contribution in [3.05, 3.63) is 0 Å². The topological polar surface area (TPSA) is 52.6 Å². The third-order valence-electron chi connectivity index (χ3n) is 7.75. The molecule has 4 aliphatic carbocycles. The second kappa shape index (κ2) is 7.02. The minimum Gasteiger partial charge on any atom is -0.456 e. The molecule has 160 valence electrons. The Balaban J connectivity index is 1.75. The largest absolute Gasteiger partial charge is 0.456 e. The van der Waals surface area contributed by atoms with Crippen LogP contribution in [0.1, 0.15) is 93.4 Å². The molecule has 4 nitrogen and oxygen atoms in total. The first kappa shape index (κ1) is 21.6. The minimum atomic E-state index is -0.569. The Bertz CT molecular complexity index is 611. The lowest BCUT2D eigenvalue weighted by molar-refractivity contribution is -0.234. The monoisotopic (exact) mass is 392 g/mol. The molecule has 28 heavy (non-hydrogen) atoms. The van der Waals surface area contributed by atoms with Gasteiger partial charge in [-0.15, -0.1) is 0 Å². The van der Waals surface area contributed by atoms with Crippen molar-refractivity contribution < 1.29 is 19.1 Å². The zero-order valence-corrected chi connectivity index (χ0v) is 19.0. The third kappa shape index (κ3) is 4.11. The maximum Gasteiger partial charge on any atom is 0.344 e. The van der Waals surface area contributed by atoms with Gasteiger partial charge in [-0.25, -0.2) is 4.79 Å². The number of carbonyl (C=O) groups excluding carboxylic acids is 2. The zero-order valence-electron chi connectivity index (χ0n) is 19.0. The molecule has 0 spiro atoms. The summed E-state index contributed by atoms with van der Waals surface area (Å²) in [6.45, 7) is 14.5. The molecule has 0 N–H and O–H groups in total. The Morgan fingerprint density at radius 2 is 1.57 bits per heavy atom. The molecule has 0 saturated heterocycles. The van der Waals surface area contributed by atoms with E-state index in [1.807, 2.05) is 20.8 Å². The van der Waals surface area contributed by atoms with Crippen molar-refractivity contribution in [2.45, 2.75) is 99.0 Å². The van der Waals surface area contributed by atoms with Crippen LogP contribution in [0.2, 0.25) is 0 Å². The Labute approximate surface area is 171 Å². The van der Waals surface area contributed by atoms with Crippen molar-refractivity contribution in [1.82, 2.24) is 0 Å². The number of esters is 2. The van der Waals surface area contributed by atoms with Gasteiger partial charge in [0.15, 0.2) is 6.61 Å². The lowest BCUT2D eigenvalue weighted by atomic mass is 9.43. The van der Waals surface area contributed by atoms with Crippen molar-refractivity contribution >= 4 is 11.9 Å². The molecule has 2 unspecified atom stereocenters.